The molecule has 0 spiro atoms. The van der Waals surface area contributed by atoms with E-state index in [0.29, 0.717) is 0 Å². The fourth-order valence-electron chi connectivity index (χ4n) is 1.71. The van der Waals surface area contributed by atoms with Crippen molar-refractivity contribution in [3.05, 3.63) is 29.3 Å². The van der Waals surface area contributed by atoms with E-state index in [1.165, 1.54) is 47.5 Å². The van der Waals surface area contributed by atoms with E-state index in [4.69, 9.17) is 0 Å². The van der Waals surface area contributed by atoms with E-state index in [1.807, 2.05) is 11.8 Å². The average Bonchev–Trinajstić information content (AvgIpc) is 2.26. The molecule has 0 nitrogen and oxygen atoms in total. The van der Waals surface area contributed by atoms with Gasteiger partial charge in [0.2, 0.25) is 0 Å². The van der Waals surface area contributed by atoms with Gasteiger partial charge in [0, 0.05) is 4.90 Å². The molecule has 0 unspecified atom stereocenters. The van der Waals surface area contributed by atoms with Crippen LogP contribution in [0.15, 0.2) is 23.1 Å². The number of hydrogen-bond acceptors (Lipinski definition) is 2. The maximum absolute atomic E-state index is 4.22. The second kappa shape index (κ2) is 8.08. The lowest BCUT2D eigenvalue weighted by molar-refractivity contribution is 0.712. The van der Waals surface area contributed by atoms with Crippen molar-refractivity contribution < 1.29 is 0 Å². The zero-order chi connectivity index (χ0) is 11.8. The first-order chi connectivity index (χ1) is 7.74. The van der Waals surface area contributed by atoms with Gasteiger partial charge in [-0.2, -0.15) is 12.6 Å². The van der Waals surface area contributed by atoms with Crippen LogP contribution in [0.3, 0.4) is 0 Å². The van der Waals surface area contributed by atoms with E-state index in [2.05, 4.69) is 44.7 Å². The van der Waals surface area contributed by atoms with Crippen LogP contribution in [0.4, 0.5) is 0 Å². The maximum Gasteiger partial charge on any atom is 0.0101 e. The summed E-state index contributed by atoms with van der Waals surface area (Å²) in [6.07, 6.45) is 5.26. The minimum absolute atomic E-state index is 1.03. The molecule has 0 fully saturated rings. The van der Waals surface area contributed by atoms with Crippen LogP contribution in [0.2, 0.25) is 0 Å². The topological polar surface area (TPSA) is 0 Å². The highest BCUT2D eigenvalue weighted by atomic mass is 32.2. The molecule has 1 aromatic rings. The van der Waals surface area contributed by atoms with E-state index >= 15 is 0 Å². The minimum atomic E-state index is 1.03. The molecule has 0 N–H and O–H groups in total. The zero-order valence-corrected chi connectivity index (χ0v) is 12.0. The van der Waals surface area contributed by atoms with Crippen molar-refractivity contribution in [2.75, 3.05) is 11.5 Å². The molecule has 0 bridgehead atoms. The SMILES string of the molecule is Cc1ccc(SCCCCCCS)c(C)c1. The molecule has 1 rings (SSSR count). The normalized spacial score (nSPS) is 10.7. The molecule has 0 heterocycles. The van der Waals surface area contributed by atoms with Gasteiger partial charge in [-0.15, -0.1) is 11.8 Å². The summed E-state index contributed by atoms with van der Waals surface area (Å²) in [4.78, 5) is 1.44. The maximum atomic E-state index is 4.22. The Labute approximate surface area is 110 Å². The van der Waals surface area contributed by atoms with Gasteiger partial charge < -0.3 is 0 Å². The monoisotopic (exact) mass is 254 g/mol. The molecule has 16 heavy (non-hydrogen) atoms. The number of thioether (sulfide) groups is 1. The Morgan fingerprint density at radius 2 is 1.81 bits per heavy atom. The van der Waals surface area contributed by atoms with Gasteiger partial charge in [-0.25, -0.2) is 0 Å². The van der Waals surface area contributed by atoms with Crippen LogP contribution in [-0.2, 0) is 0 Å². The first-order valence-electron chi connectivity index (χ1n) is 6.05. The van der Waals surface area contributed by atoms with Crippen LogP contribution >= 0.6 is 24.4 Å². The highest BCUT2D eigenvalue weighted by Crippen LogP contribution is 2.24. The molecule has 0 aliphatic rings. The van der Waals surface area contributed by atoms with Crippen molar-refractivity contribution in [1.29, 1.82) is 0 Å². The van der Waals surface area contributed by atoms with E-state index in [9.17, 15) is 0 Å². The van der Waals surface area contributed by atoms with Crippen molar-refractivity contribution >= 4 is 24.4 Å². The second-order valence-corrected chi connectivity index (χ2v) is 5.84. The first kappa shape index (κ1) is 14.0. The van der Waals surface area contributed by atoms with Crippen LogP contribution in [-0.4, -0.2) is 11.5 Å². The molecule has 0 radical (unpaired) electrons. The van der Waals surface area contributed by atoms with E-state index in [0.717, 1.165) is 5.75 Å². The molecule has 0 aromatic heterocycles. The summed E-state index contributed by atoms with van der Waals surface area (Å²) >= 11 is 6.22. The third-order valence-corrected chi connectivity index (χ3v) is 4.22. The van der Waals surface area contributed by atoms with Crippen molar-refractivity contribution in [3.63, 3.8) is 0 Å². The third kappa shape index (κ3) is 5.31. The van der Waals surface area contributed by atoms with Crippen LogP contribution in [0.1, 0.15) is 36.8 Å². The molecule has 0 saturated carbocycles. The Balaban J connectivity index is 2.21. The lowest BCUT2D eigenvalue weighted by Crippen LogP contribution is -1.86. The smallest absolute Gasteiger partial charge is 0.0101 e. The second-order valence-electron chi connectivity index (χ2n) is 4.26. The van der Waals surface area contributed by atoms with Crippen molar-refractivity contribution in [2.24, 2.45) is 0 Å². The quantitative estimate of drug-likeness (QED) is 0.411. The summed E-state index contributed by atoms with van der Waals surface area (Å²) in [5, 5.41) is 0. The highest BCUT2D eigenvalue weighted by Gasteiger charge is 1.99. The standard InChI is InChI=1S/C14H22S2/c1-12-7-8-14(13(2)11-12)16-10-6-4-3-5-9-15/h7-8,11,15H,3-6,9-10H2,1-2H3. The molecule has 0 saturated heterocycles. The van der Waals surface area contributed by atoms with E-state index in [1.54, 1.807) is 0 Å². The van der Waals surface area contributed by atoms with Gasteiger partial charge in [0.1, 0.15) is 0 Å². The van der Waals surface area contributed by atoms with Gasteiger partial charge in [0.25, 0.3) is 0 Å². The van der Waals surface area contributed by atoms with Crippen molar-refractivity contribution in [3.8, 4) is 0 Å². The summed E-state index contributed by atoms with van der Waals surface area (Å²) in [5.41, 5.74) is 2.77. The van der Waals surface area contributed by atoms with Crippen LogP contribution in [0.5, 0.6) is 0 Å². The average molecular weight is 254 g/mol. The predicted molar refractivity (Wildman–Crippen MR) is 79.0 cm³/mol. The Kier molecular flexibility index (Phi) is 7.06. The molecular formula is C14H22S2. The number of benzene rings is 1. The molecule has 0 aliphatic carbocycles. The van der Waals surface area contributed by atoms with Gasteiger partial charge in [-0.3, -0.25) is 0 Å². The summed E-state index contributed by atoms with van der Waals surface area (Å²) in [5.74, 6) is 2.28. The Hall–Kier alpha value is -0.0800. The largest absolute Gasteiger partial charge is 0.179 e. The number of hydrogen-bond donors (Lipinski definition) is 1. The Morgan fingerprint density at radius 3 is 2.50 bits per heavy atom. The van der Waals surface area contributed by atoms with Crippen molar-refractivity contribution in [2.45, 2.75) is 44.4 Å². The number of thiol groups is 1. The van der Waals surface area contributed by atoms with Gasteiger partial charge in [0.15, 0.2) is 0 Å². The fraction of sp³-hybridized carbons (Fsp3) is 0.571. The molecular weight excluding hydrogens is 232 g/mol. The minimum Gasteiger partial charge on any atom is -0.179 e. The van der Waals surface area contributed by atoms with Crippen LogP contribution in [0, 0.1) is 13.8 Å². The Morgan fingerprint density at radius 1 is 1.06 bits per heavy atom. The molecule has 2 heteroatoms. The number of rotatable bonds is 7. The van der Waals surface area contributed by atoms with Crippen LogP contribution < -0.4 is 0 Å². The highest BCUT2D eigenvalue weighted by molar-refractivity contribution is 7.99. The van der Waals surface area contributed by atoms with E-state index < -0.39 is 0 Å². The third-order valence-electron chi connectivity index (χ3n) is 2.64. The predicted octanol–water partition coefficient (Wildman–Crippen LogP) is 4.89. The summed E-state index contributed by atoms with van der Waals surface area (Å²) in [6.45, 7) is 4.36. The summed E-state index contributed by atoms with van der Waals surface area (Å²) in [6, 6.07) is 6.72. The van der Waals surface area contributed by atoms with Crippen LogP contribution in [0.25, 0.3) is 0 Å². The lowest BCUT2D eigenvalue weighted by atomic mass is 10.2. The van der Waals surface area contributed by atoms with Gasteiger partial charge in [0.05, 0.1) is 0 Å². The van der Waals surface area contributed by atoms with Gasteiger partial charge >= 0.3 is 0 Å². The van der Waals surface area contributed by atoms with E-state index in [-0.39, 0.29) is 0 Å². The number of unbranched alkanes of at least 4 members (excludes halogenated alkanes) is 3. The molecule has 90 valence electrons. The molecule has 0 amide bonds. The summed E-state index contributed by atoms with van der Waals surface area (Å²) < 4.78 is 0. The molecule has 0 aliphatic heterocycles. The number of aryl methyl sites for hydroxylation is 2. The lowest BCUT2D eigenvalue weighted by Gasteiger charge is -2.06. The van der Waals surface area contributed by atoms with Gasteiger partial charge in [-0.1, -0.05) is 30.5 Å². The first-order valence-corrected chi connectivity index (χ1v) is 7.67. The molecule has 1 aromatic carbocycles. The fourth-order valence-corrected chi connectivity index (χ4v) is 2.95. The Bertz CT molecular complexity index is 308. The van der Waals surface area contributed by atoms with Crippen molar-refractivity contribution in [1.82, 2.24) is 0 Å². The summed E-state index contributed by atoms with van der Waals surface area (Å²) in [7, 11) is 0. The molecule has 0 atom stereocenters. The van der Waals surface area contributed by atoms with Gasteiger partial charge in [-0.05, 0) is 49.8 Å². The zero-order valence-electron chi connectivity index (χ0n) is 10.3.